The van der Waals surface area contributed by atoms with E-state index in [2.05, 4.69) is 4.98 Å². The summed E-state index contributed by atoms with van der Waals surface area (Å²) in [6.45, 7) is 1.64. The Morgan fingerprint density at radius 3 is 2.83 bits per heavy atom. The number of para-hydroxylation sites is 1. The topological polar surface area (TPSA) is 64.3 Å². The molecule has 3 aromatic rings. The number of hydrogen-bond acceptors (Lipinski definition) is 4. The Morgan fingerprint density at radius 1 is 1.26 bits per heavy atom. The van der Waals surface area contributed by atoms with Crippen molar-refractivity contribution in [1.29, 1.82) is 0 Å². The summed E-state index contributed by atoms with van der Waals surface area (Å²) in [6, 6.07) is 12.8. The highest BCUT2D eigenvalue weighted by atomic mass is 16.5. The quantitative estimate of drug-likeness (QED) is 0.749. The van der Waals surface area contributed by atoms with Gasteiger partial charge in [0.05, 0.1) is 18.0 Å². The fraction of sp³-hybridized carbons (Fsp3) is 0.222. The summed E-state index contributed by atoms with van der Waals surface area (Å²) >= 11 is 0. The van der Waals surface area contributed by atoms with Crippen molar-refractivity contribution >= 4 is 10.9 Å². The van der Waals surface area contributed by atoms with Crippen molar-refractivity contribution in [2.45, 2.75) is 19.1 Å². The number of methoxy groups -OCH3 is 1. The van der Waals surface area contributed by atoms with Gasteiger partial charge in [-0.1, -0.05) is 18.2 Å². The molecule has 0 saturated heterocycles. The van der Waals surface area contributed by atoms with Crippen molar-refractivity contribution in [2.75, 3.05) is 7.11 Å². The van der Waals surface area contributed by atoms with Crippen LogP contribution in [0.25, 0.3) is 22.3 Å². The zero-order chi connectivity index (χ0) is 16.2. The van der Waals surface area contributed by atoms with Gasteiger partial charge in [0.2, 0.25) is 0 Å². The summed E-state index contributed by atoms with van der Waals surface area (Å²) in [5.41, 5.74) is 0.835. The zero-order valence-electron chi connectivity index (χ0n) is 12.9. The van der Waals surface area contributed by atoms with Crippen LogP contribution >= 0.6 is 0 Å². The molecule has 1 aliphatic rings. The second-order valence-electron chi connectivity index (χ2n) is 6.01. The van der Waals surface area contributed by atoms with Crippen LogP contribution < -0.4 is 10.3 Å². The van der Waals surface area contributed by atoms with Gasteiger partial charge in [-0.05, 0) is 36.8 Å². The van der Waals surface area contributed by atoms with E-state index < -0.39 is 5.72 Å². The normalized spacial score (nSPS) is 19.3. The lowest BCUT2D eigenvalue weighted by Crippen LogP contribution is -2.44. The number of nitrogens with zero attached hydrogens (tertiary/aromatic N) is 2. The molecular formula is C18H16N2O3. The van der Waals surface area contributed by atoms with Crippen LogP contribution in [0.1, 0.15) is 12.5 Å². The van der Waals surface area contributed by atoms with Gasteiger partial charge in [-0.25, -0.2) is 4.98 Å². The zero-order valence-corrected chi connectivity index (χ0v) is 12.9. The average Bonchev–Trinajstić information content (AvgIpc) is 2.54. The third-order valence-electron chi connectivity index (χ3n) is 4.34. The van der Waals surface area contributed by atoms with E-state index in [1.54, 1.807) is 32.2 Å². The molecule has 2 heterocycles. The summed E-state index contributed by atoms with van der Waals surface area (Å²) in [5.74, 6) is 1.16. The minimum atomic E-state index is -1.31. The second kappa shape index (κ2) is 4.67. The minimum absolute atomic E-state index is 0.232. The molecule has 0 radical (unpaired) electrons. The standard InChI is InChI=1S/C18H16N2O3/c1-18(22)10-11-7-8-12(23-2)9-14(11)16-19-15-6-4-3-5-13(15)17(21)20(16)18/h3-9,22H,10H2,1-2H3. The Labute approximate surface area is 132 Å². The van der Waals surface area contributed by atoms with Gasteiger partial charge >= 0.3 is 0 Å². The van der Waals surface area contributed by atoms with E-state index in [1.807, 2.05) is 24.3 Å². The number of ether oxygens (including phenoxy) is 1. The molecule has 1 aliphatic heterocycles. The van der Waals surface area contributed by atoms with Crippen LogP contribution in [0.15, 0.2) is 47.3 Å². The largest absolute Gasteiger partial charge is 0.497 e. The fourth-order valence-corrected chi connectivity index (χ4v) is 3.24. The van der Waals surface area contributed by atoms with E-state index in [4.69, 9.17) is 4.74 Å². The van der Waals surface area contributed by atoms with Crippen molar-refractivity contribution in [2.24, 2.45) is 0 Å². The van der Waals surface area contributed by atoms with Gasteiger partial charge < -0.3 is 9.84 Å². The number of fused-ring (bicyclic) bond motifs is 4. The molecule has 23 heavy (non-hydrogen) atoms. The van der Waals surface area contributed by atoms with Crippen molar-refractivity contribution in [3.8, 4) is 17.1 Å². The van der Waals surface area contributed by atoms with Crippen molar-refractivity contribution < 1.29 is 9.84 Å². The van der Waals surface area contributed by atoms with Crippen LogP contribution in [0.2, 0.25) is 0 Å². The molecule has 0 spiro atoms. The lowest BCUT2D eigenvalue weighted by Gasteiger charge is -2.34. The molecule has 1 unspecified atom stereocenters. The first-order valence-corrected chi connectivity index (χ1v) is 7.43. The van der Waals surface area contributed by atoms with Gasteiger partial charge in [-0.2, -0.15) is 0 Å². The number of aliphatic hydroxyl groups is 1. The second-order valence-corrected chi connectivity index (χ2v) is 6.01. The smallest absolute Gasteiger partial charge is 0.264 e. The summed E-state index contributed by atoms with van der Waals surface area (Å²) in [5, 5.41) is 11.3. The van der Waals surface area contributed by atoms with Crippen molar-refractivity contribution in [3.63, 3.8) is 0 Å². The molecule has 1 aromatic heterocycles. The first kappa shape index (κ1) is 14.0. The molecule has 5 nitrogen and oxygen atoms in total. The van der Waals surface area contributed by atoms with Crippen molar-refractivity contribution in [3.05, 3.63) is 58.4 Å². The lowest BCUT2D eigenvalue weighted by atomic mass is 9.93. The van der Waals surface area contributed by atoms with Gasteiger partial charge in [0.1, 0.15) is 17.3 Å². The van der Waals surface area contributed by atoms with Gasteiger partial charge in [0, 0.05) is 12.0 Å². The summed E-state index contributed by atoms with van der Waals surface area (Å²) in [4.78, 5) is 17.5. The number of benzene rings is 2. The van der Waals surface area contributed by atoms with Crippen LogP contribution in [-0.2, 0) is 12.1 Å². The third-order valence-corrected chi connectivity index (χ3v) is 4.34. The van der Waals surface area contributed by atoms with E-state index >= 15 is 0 Å². The fourth-order valence-electron chi connectivity index (χ4n) is 3.24. The maximum Gasteiger partial charge on any atom is 0.264 e. The molecule has 0 bridgehead atoms. The Balaban J connectivity index is 2.15. The predicted octanol–water partition coefficient (Wildman–Crippen LogP) is 2.29. The van der Waals surface area contributed by atoms with Crippen LogP contribution in [0.4, 0.5) is 0 Å². The Kier molecular flexibility index (Phi) is 2.83. The predicted molar refractivity (Wildman–Crippen MR) is 87.6 cm³/mol. The van der Waals surface area contributed by atoms with E-state index in [-0.39, 0.29) is 5.56 Å². The lowest BCUT2D eigenvalue weighted by molar-refractivity contribution is -0.0225. The van der Waals surface area contributed by atoms with E-state index in [0.29, 0.717) is 28.9 Å². The van der Waals surface area contributed by atoms with Gasteiger partial charge in [0.25, 0.3) is 5.56 Å². The van der Waals surface area contributed by atoms with Crippen molar-refractivity contribution in [1.82, 2.24) is 9.55 Å². The molecule has 1 N–H and O–H groups in total. The van der Waals surface area contributed by atoms with E-state index in [0.717, 1.165) is 11.1 Å². The molecule has 1 atom stereocenters. The molecule has 2 aromatic carbocycles. The van der Waals surface area contributed by atoms with Crippen LogP contribution in [0, 0.1) is 0 Å². The maximum atomic E-state index is 12.9. The van der Waals surface area contributed by atoms with Gasteiger partial charge in [-0.15, -0.1) is 0 Å². The monoisotopic (exact) mass is 308 g/mol. The molecule has 0 aliphatic carbocycles. The number of aromatic nitrogens is 2. The SMILES string of the molecule is COc1ccc2c(c1)-c1nc3ccccc3c(=O)n1C(C)(O)C2. The first-order valence-electron chi connectivity index (χ1n) is 7.43. The molecule has 0 saturated carbocycles. The minimum Gasteiger partial charge on any atom is -0.497 e. The van der Waals surface area contributed by atoms with E-state index in [9.17, 15) is 9.90 Å². The van der Waals surface area contributed by atoms with Crippen LogP contribution in [-0.4, -0.2) is 21.8 Å². The van der Waals surface area contributed by atoms with Crippen LogP contribution in [0.5, 0.6) is 5.75 Å². The average molecular weight is 308 g/mol. The molecular weight excluding hydrogens is 292 g/mol. The number of hydrogen-bond donors (Lipinski definition) is 1. The summed E-state index contributed by atoms with van der Waals surface area (Å²) < 4.78 is 6.67. The molecule has 4 rings (SSSR count). The third kappa shape index (κ3) is 1.97. The Bertz CT molecular complexity index is 989. The number of rotatable bonds is 1. The highest BCUT2D eigenvalue weighted by Gasteiger charge is 2.35. The maximum absolute atomic E-state index is 12.9. The molecule has 0 amide bonds. The van der Waals surface area contributed by atoms with Gasteiger partial charge in [0.15, 0.2) is 0 Å². The molecule has 0 fully saturated rings. The van der Waals surface area contributed by atoms with Gasteiger partial charge in [-0.3, -0.25) is 9.36 Å². The summed E-state index contributed by atoms with van der Waals surface area (Å²) in [6.07, 6.45) is 0.346. The first-order chi connectivity index (χ1) is 11.0. The Hall–Kier alpha value is -2.66. The Morgan fingerprint density at radius 2 is 2.04 bits per heavy atom. The van der Waals surface area contributed by atoms with Crippen LogP contribution in [0.3, 0.4) is 0 Å². The summed E-state index contributed by atoms with van der Waals surface area (Å²) in [7, 11) is 1.60. The highest BCUT2D eigenvalue weighted by Crippen LogP contribution is 2.36. The highest BCUT2D eigenvalue weighted by molar-refractivity contribution is 5.80. The molecule has 5 heteroatoms. The van der Waals surface area contributed by atoms with E-state index in [1.165, 1.54) is 4.57 Å². The molecule has 116 valence electrons.